The molecule has 0 fully saturated rings. The van der Waals surface area contributed by atoms with E-state index in [2.05, 4.69) is 0 Å². The third kappa shape index (κ3) is 3.83. The van der Waals surface area contributed by atoms with Crippen LogP contribution in [0.15, 0.2) is 48.5 Å². The van der Waals surface area contributed by atoms with Crippen molar-refractivity contribution in [3.8, 4) is 5.75 Å². The van der Waals surface area contributed by atoms with Crippen LogP contribution in [0.2, 0.25) is 0 Å². The van der Waals surface area contributed by atoms with Gasteiger partial charge in [-0.15, -0.1) is 0 Å². The number of aliphatic hydroxyl groups is 1. The number of carboxylic acids is 1. The zero-order chi connectivity index (χ0) is 15.2. The van der Waals surface area contributed by atoms with Crippen LogP contribution >= 0.6 is 0 Å². The van der Waals surface area contributed by atoms with Gasteiger partial charge in [0.15, 0.2) is 0 Å². The van der Waals surface area contributed by atoms with Crippen LogP contribution in [0.25, 0.3) is 0 Å². The van der Waals surface area contributed by atoms with E-state index in [1.54, 1.807) is 24.3 Å². The maximum absolute atomic E-state index is 10.8. The number of carbonyl (C=O) groups is 1. The molecule has 4 nitrogen and oxygen atoms in total. The van der Waals surface area contributed by atoms with E-state index in [0.717, 1.165) is 11.1 Å². The van der Waals surface area contributed by atoms with Crippen LogP contribution in [-0.2, 0) is 6.61 Å². The molecule has 4 heteroatoms. The van der Waals surface area contributed by atoms with Crippen molar-refractivity contribution < 1.29 is 19.7 Å². The van der Waals surface area contributed by atoms with Crippen molar-refractivity contribution in [2.24, 2.45) is 0 Å². The van der Waals surface area contributed by atoms with Gasteiger partial charge < -0.3 is 14.9 Å². The molecule has 2 rings (SSSR count). The van der Waals surface area contributed by atoms with Crippen LogP contribution in [0.5, 0.6) is 5.75 Å². The minimum Gasteiger partial charge on any atom is -0.489 e. The Morgan fingerprint density at radius 3 is 2.43 bits per heavy atom. The number of aromatic carboxylic acids is 1. The van der Waals surface area contributed by atoms with Gasteiger partial charge in [0.05, 0.1) is 11.7 Å². The topological polar surface area (TPSA) is 66.8 Å². The van der Waals surface area contributed by atoms with Crippen LogP contribution < -0.4 is 4.74 Å². The molecule has 0 bridgehead atoms. The van der Waals surface area contributed by atoms with E-state index in [0.29, 0.717) is 18.8 Å². The molecule has 0 radical (unpaired) electrons. The SMILES string of the molecule is CC[C@H](O)c1ccccc1OCc1ccc(C(=O)O)cc1. The fourth-order valence-electron chi connectivity index (χ4n) is 2.01. The van der Waals surface area contributed by atoms with E-state index in [1.165, 1.54) is 0 Å². The fraction of sp³-hybridized carbons (Fsp3) is 0.235. The highest BCUT2D eigenvalue weighted by Crippen LogP contribution is 2.27. The maximum Gasteiger partial charge on any atom is 0.335 e. The van der Waals surface area contributed by atoms with E-state index in [4.69, 9.17) is 9.84 Å². The Labute approximate surface area is 123 Å². The summed E-state index contributed by atoms with van der Waals surface area (Å²) in [6.45, 7) is 2.24. The molecule has 2 aromatic carbocycles. The minimum atomic E-state index is -0.945. The number of rotatable bonds is 6. The van der Waals surface area contributed by atoms with Crippen LogP contribution in [-0.4, -0.2) is 16.2 Å². The highest BCUT2D eigenvalue weighted by molar-refractivity contribution is 5.87. The number of para-hydroxylation sites is 1. The Hall–Kier alpha value is -2.33. The van der Waals surface area contributed by atoms with Gasteiger partial charge >= 0.3 is 5.97 Å². The molecule has 0 amide bonds. The average Bonchev–Trinajstić information content (AvgIpc) is 2.52. The second-order valence-electron chi connectivity index (χ2n) is 4.75. The predicted octanol–water partition coefficient (Wildman–Crippen LogP) is 3.41. The van der Waals surface area contributed by atoms with Crippen LogP contribution in [0.4, 0.5) is 0 Å². The van der Waals surface area contributed by atoms with E-state index >= 15 is 0 Å². The van der Waals surface area contributed by atoms with Crippen molar-refractivity contribution in [3.05, 3.63) is 65.2 Å². The predicted molar refractivity (Wildman–Crippen MR) is 79.4 cm³/mol. The van der Waals surface area contributed by atoms with Gasteiger partial charge in [0.25, 0.3) is 0 Å². The average molecular weight is 286 g/mol. The first-order valence-electron chi connectivity index (χ1n) is 6.84. The lowest BCUT2D eigenvalue weighted by Crippen LogP contribution is -2.03. The molecule has 0 heterocycles. The van der Waals surface area contributed by atoms with Gasteiger partial charge in [-0.2, -0.15) is 0 Å². The van der Waals surface area contributed by atoms with Crippen LogP contribution in [0, 0.1) is 0 Å². The summed E-state index contributed by atoms with van der Waals surface area (Å²) in [6, 6.07) is 13.9. The van der Waals surface area contributed by atoms with E-state index in [9.17, 15) is 9.90 Å². The van der Waals surface area contributed by atoms with Gasteiger partial charge in [-0.25, -0.2) is 4.79 Å². The van der Waals surface area contributed by atoms with Crippen molar-refractivity contribution in [2.75, 3.05) is 0 Å². The summed E-state index contributed by atoms with van der Waals surface area (Å²) >= 11 is 0. The molecular weight excluding hydrogens is 268 g/mol. The minimum absolute atomic E-state index is 0.251. The van der Waals surface area contributed by atoms with Gasteiger partial charge in [-0.1, -0.05) is 37.3 Å². The molecular formula is C17H18O4. The number of carboxylic acid groups (broad SMARTS) is 1. The summed E-state index contributed by atoms with van der Waals surface area (Å²) in [7, 11) is 0. The van der Waals surface area contributed by atoms with Crippen LogP contribution in [0.1, 0.15) is 40.9 Å². The molecule has 110 valence electrons. The largest absolute Gasteiger partial charge is 0.489 e. The van der Waals surface area contributed by atoms with E-state index < -0.39 is 12.1 Å². The van der Waals surface area contributed by atoms with Crippen molar-refractivity contribution in [2.45, 2.75) is 26.1 Å². The second-order valence-corrected chi connectivity index (χ2v) is 4.75. The highest BCUT2D eigenvalue weighted by Gasteiger charge is 2.11. The molecule has 0 saturated heterocycles. The van der Waals surface area contributed by atoms with Gasteiger partial charge in [-0.05, 0) is 30.2 Å². The summed E-state index contributed by atoms with van der Waals surface area (Å²) in [5.74, 6) is -0.298. The first-order valence-corrected chi connectivity index (χ1v) is 6.84. The van der Waals surface area contributed by atoms with Crippen molar-refractivity contribution in [3.63, 3.8) is 0 Å². The fourth-order valence-corrected chi connectivity index (χ4v) is 2.01. The molecule has 0 aromatic heterocycles. The second kappa shape index (κ2) is 6.90. The summed E-state index contributed by atoms with van der Waals surface area (Å²) in [5.41, 5.74) is 1.89. The Bertz CT molecular complexity index is 604. The molecule has 1 atom stereocenters. The Morgan fingerprint density at radius 2 is 1.81 bits per heavy atom. The van der Waals surface area contributed by atoms with Gasteiger partial charge in [0, 0.05) is 5.56 Å². The molecule has 0 spiro atoms. The number of benzene rings is 2. The quantitative estimate of drug-likeness (QED) is 0.854. The highest BCUT2D eigenvalue weighted by atomic mass is 16.5. The molecule has 0 saturated carbocycles. The lowest BCUT2D eigenvalue weighted by molar-refractivity contribution is 0.0697. The zero-order valence-electron chi connectivity index (χ0n) is 11.8. The maximum atomic E-state index is 10.8. The summed E-state index contributed by atoms with van der Waals surface area (Å²) in [6.07, 6.45) is 0.0730. The summed E-state index contributed by atoms with van der Waals surface area (Å²) < 4.78 is 5.74. The third-order valence-corrected chi connectivity index (χ3v) is 3.26. The van der Waals surface area contributed by atoms with Crippen molar-refractivity contribution in [1.82, 2.24) is 0 Å². The zero-order valence-corrected chi connectivity index (χ0v) is 11.8. The first kappa shape index (κ1) is 15.1. The molecule has 2 aromatic rings. The Balaban J connectivity index is 2.08. The molecule has 21 heavy (non-hydrogen) atoms. The number of aliphatic hydroxyl groups excluding tert-OH is 1. The number of hydrogen-bond donors (Lipinski definition) is 2. The Morgan fingerprint density at radius 1 is 1.14 bits per heavy atom. The van der Waals surface area contributed by atoms with Crippen molar-refractivity contribution >= 4 is 5.97 Å². The first-order chi connectivity index (χ1) is 10.1. The van der Waals surface area contributed by atoms with Gasteiger partial charge in [0.1, 0.15) is 12.4 Å². The van der Waals surface area contributed by atoms with Gasteiger partial charge in [0.2, 0.25) is 0 Å². The van der Waals surface area contributed by atoms with Crippen LogP contribution in [0.3, 0.4) is 0 Å². The monoisotopic (exact) mass is 286 g/mol. The molecule has 0 aliphatic rings. The smallest absolute Gasteiger partial charge is 0.335 e. The van der Waals surface area contributed by atoms with Gasteiger partial charge in [-0.3, -0.25) is 0 Å². The Kier molecular flexibility index (Phi) is 4.95. The third-order valence-electron chi connectivity index (χ3n) is 3.26. The summed E-state index contributed by atoms with van der Waals surface area (Å²) in [5, 5.41) is 18.8. The molecule has 0 aliphatic carbocycles. The van der Waals surface area contributed by atoms with Crippen molar-refractivity contribution in [1.29, 1.82) is 0 Å². The molecule has 0 aliphatic heterocycles. The summed E-state index contributed by atoms with van der Waals surface area (Å²) in [4.78, 5) is 10.8. The normalized spacial score (nSPS) is 11.9. The standard InChI is InChI=1S/C17H18O4/c1-2-15(18)14-5-3-4-6-16(14)21-11-12-7-9-13(10-8-12)17(19)20/h3-10,15,18H,2,11H2,1H3,(H,19,20)/t15-/m0/s1. The molecule has 0 unspecified atom stereocenters. The lowest BCUT2D eigenvalue weighted by atomic mass is 10.1. The van der Waals surface area contributed by atoms with E-state index in [1.807, 2.05) is 31.2 Å². The lowest BCUT2D eigenvalue weighted by Gasteiger charge is -2.15. The molecule has 2 N–H and O–H groups in total. The van der Waals surface area contributed by atoms with E-state index in [-0.39, 0.29) is 5.56 Å². The number of ether oxygens (including phenoxy) is 1. The number of hydrogen-bond acceptors (Lipinski definition) is 3.